The molecule has 0 saturated heterocycles. The molecular formula is C14H17N3OS. The third kappa shape index (κ3) is 3.16. The molecule has 0 radical (unpaired) electrons. The summed E-state index contributed by atoms with van der Waals surface area (Å²) in [6.45, 7) is 3.73. The molecule has 0 aliphatic carbocycles. The molecule has 4 nitrogen and oxygen atoms in total. The van der Waals surface area contributed by atoms with E-state index in [1.165, 1.54) is 10.5 Å². The molecule has 3 rings (SSSR count). The molecule has 1 N–H and O–H groups in total. The van der Waals surface area contributed by atoms with Crippen molar-refractivity contribution < 1.29 is 4.52 Å². The van der Waals surface area contributed by atoms with Gasteiger partial charge in [-0.15, -0.1) is 11.8 Å². The van der Waals surface area contributed by atoms with Crippen LogP contribution < -0.4 is 5.32 Å². The maximum atomic E-state index is 4.94. The predicted molar refractivity (Wildman–Crippen MR) is 75.4 cm³/mol. The highest BCUT2D eigenvalue weighted by molar-refractivity contribution is 8.00. The molecule has 0 saturated carbocycles. The van der Waals surface area contributed by atoms with Crippen LogP contribution in [0.2, 0.25) is 0 Å². The Kier molecular flexibility index (Phi) is 3.84. The fourth-order valence-corrected chi connectivity index (χ4v) is 3.56. The van der Waals surface area contributed by atoms with Gasteiger partial charge in [-0.05, 0) is 18.1 Å². The van der Waals surface area contributed by atoms with E-state index in [0.29, 0.717) is 11.1 Å². The van der Waals surface area contributed by atoms with Crippen molar-refractivity contribution in [1.82, 2.24) is 15.5 Å². The van der Waals surface area contributed by atoms with Gasteiger partial charge in [0.2, 0.25) is 5.89 Å². The third-order valence-electron chi connectivity index (χ3n) is 3.18. The van der Waals surface area contributed by atoms with Crippen molar-refractivity contribution in [3.05, 3.63) is 41.5 Å². The van der Waals surface area contributed by atoms with Crippen LogP contribution >= 0.6 is 11.8 Å². The Hall–Kier alpha value is -1.33. The SMILES string of the molecule is Cc1nc(CCNCC2Cc3ccccc3S2)no1. The first-order valence-corrected chi connectivity index (χ1v) is 7.44. The Bertz CT molecular complexity index is 530. The van der Waals surface area contributed by atoms with Crippen molar-refractivity contribution in [1.29, 1.82) is 0 Å². The number of nitrogens with one attached hydrogen (secondary N) is 1. The second-order valence-electron chi connectivity index (χ2n) is 4.74. The summed E-state index contributed by atoms with van der Waals surface area (Å²) in [4.78, 5) is 5.62. The number of hydrogen-bond acceptors (Lipinski definition) is 5. The largest absolute Gasteiger partial charge is 0.340 e. The van der Waals surface area contributed by atoms with Crippen molar-refractivity contribution in [3.63, 3.8) is 0 Å². The molecule has 2 aromatic rings. The summed E-state index contributed by atoms with van der Waals surface area (Å²) in [7, 11) is 0. The van der Waals surface area contributed by atoms with E-state index in [1.54, 1.807) is 0 Å². The molecule has 1 aliphatic rings. The van der Waals surface area contributed by atoms with Crippen molar-refractivity contribution >= 4 is 11.8 Å². The lowest BCUT2D eigenvalue weighted by atomic mass is 10.1. The Morgan fingerprint density at radius 2 is 2.32 bits per heavy atom. The zero-order valence-corrected chi connectivity index (χ0v) is 11.7. The monoisotopic (exact) mass is 275 g/mol. The molecule has 0 bridgehead atoms. The predicted octanol–water partition coefficient (Wildman–Crippen LogP) is 2.23. The number of hydrogen-bond donors (Lipinski definition) is 1. The Morgan fingerprint density at radius 3 is 3.11 bits per heavy atom. The maximum absolute atomic E-state index is 4.94. The molecule has 1 aromatic carbocycles. The van der Waals surface area contributed by atoms with E-state index in [4.69, 9.17) is 4.52 Å². The first kappa shape index (κ1) is 12.7. The van der Waals surface area contributed by atoms with Gasteiger partial charge in [0.05, 0.1) is 0 Å². The van der Waals surface area contributed by atoms with Gasteiger partial charge in [0.15, 0.2) is 5.82 Å². The summed E-state index contributed by atoms with van der Waals surface area (Å²) in [6.07, 6.45) is 1.98. The lowest BCUT2D eigenvalue weighted by Crippen LogP contribution is -2.26. The first-order valence-electron chi connectivity index (χ1n) is 6.56. The van der Waals surface area contributed by atoms with Crippen LogP contribution in [0.15, 0.2) is 33.7 Å². The molecule has 2 heterocycles. The molecule has 1 atom stereocenters. The van der Waals surface area contributed by atoms with Crippen molar-refractivity contribution in [2.75, 3.05) is 13.1 Å². The van der Waals surface area contributed by atoms with Gasteiger partial charge in [-0.1, -0.05) is 23.4 Å². The highest BCUT2D eigenvalue weighted by Gasteiger charge is 2.20. The van der Waals surface area contributed by atoms with Crippen LogP contribution in [0.25, 0.3) is 0 Å². The van der Waals surface area contributed by atoms with Crippen molar-refractivity contribution in [2.45, 2.75) is 29.9 Å². The quantitative estimate of drug-likeness (QED) is 0.848. The Balaban J connectivity index is 1.40. The number of thioether (sulfide) groups is 1. The standard InChI is InChI=1S/C14H17N3OS/c1-10-16-14(17-18-10)6-7-15-9-12-8-11-4-2-3-5-13(11)19-12/h2-5,12,15H,6-9H2,1H3. The Labute approximate surface area is 117 Å². The number of rotatable bonds is 5. The third-order valence-corrected chi connectivity index (χ3v) is 4.50. The van der Waals surface area contributed by atoms with Crippen LogP contribution in [0, 0.1) is 6.92 Å². The van der Waals surface area contributed by atoms with Gasteiger partial charge in [-0.3, -0.25) is 0 Å². The molecular weight excluding hydrogens is 258 g/mol. The Morgan fingerprint density at radius 1 is 1.42 bits per heavy atom. The van der Waals surface area contributed by atoms with Crippen LogP contribution in [-0.4, -0.2) is 28.5 Å². The number of aryl methyl sites for hydroxylation is 1. The van der Waals surface area contributed by atoms with Crippen LogP contribution in [-0.2, 0) is 12.8 Å². The van der Waals surface area contributed by atoms with Crippen LogP contribution in [0.4, 0.5) is 0 Å². The normalized spacial score (nSPS) is 17.6. The van der Waals surface area contributed by atoms with E-state index >= 15 is 0 Å². The number of nitrogens with zero attached hydrogens (tertiary/aromatic N) is 2. The van der Waals surface area contributed by atoms with Crippen LogP contribution in [0.5, 0.6) is 0 Å². The minimum Gasteiger partial charge on any atom is -0.340 e. The van der Waals surface area contributed by atoms with Gasteiger partial charge in [0.25, 0.3) is 0 Å². The molecule has 5 heteroatoms. The van der Waals surface area contributed by atoms with E-state index < -0.39 is 0 Å². The van der Waals surface area contributed by atoms with Crippen LogP contribution in [0.1, 0.15) is 17.3 Å². The summed E-state index contributed by atoms with van der Waals surface area (Å²) in [5.74, 6) is 1.42. The topological polar surface area (TPSA) is 51.0 Å². The maximum Gasteiger partial charge on any atom is 0.223 e. The summed E-state index contributed by atoms with van der Waals surface area (Å²) in [5.41, 5.74) is 1.48. The van der Waals surface area contributed by atoms with E-state index in [-0.39, 0.29) is 0 Å². The van der Waals surface area contributed by atoms with Crippen molar-refractivity contribution in [2.24, 2.45) is 0 Å². The van der Waals surface area contributed by atoms with Gasteiger partial charge in [0.1, 0.15) is 0 Å². The molecule has 1 aromatic heterocycles. The van der Waals surface area contributed by atoms with Gasteiger partial charge >= 0.3 is 0 Å². The highest BCUT2D eigenvalue weighted by atomic mass is 32.2. The minimum absolute atomic E-state index is 0.636. The molecule has 19 heavy (non-hydrogen) atoms. The second kappa shape index (κ2) is 5.75. The highest BCUT2D eigenvalue weighted by Crippen LogP contribution is 2.36. The molecule has 0 amide bonds. The molecule has 1 aliphatic heterocycles. The lowest BCUT2D eigenvalue weighted by molar-refractivity contribution is 0.387. The summed E-state index contributed by atoms with van der Waals surface area (Å²) >= 11 is 1.97. The van der Waals surface area contributed by atoms with E-state index in [9.17, 15) is 0 Å². The van der Waals surface area contributed by atoms with Gasteiger partial charge < -0.3 is 9.84 Å². The average molecular weight is 275 g/mol. The van der Waals surface area contributed by atoms with E-state index in [2.05, 4.69) is 39.7 Å². The smallest absolute Gasteiger partial charge is 0.223 e. The molecule has 1 unspecified atom stereocenters. The summed E-state index contributed by atoms with van der Waals surface area (Å²) < 4.78 is 4.94. The zero-order chi connectivity index (χ0) is 13.1. The van der Waals surface area contributed by atoms with E-state index in [1.807, 2.05) is 18.7 Å². The molecule has 100 valence electrons. The minimum atomic E-state index is 0.636. The average Bonchev–Trinajstić information content (AvgIpc) is 3.00. The lowest BCUT2D eigenvalue weighted by Gasteiger charge is -2.08. The van der Waals surface area contributed by atoms with E-state index in [0.717, 1.165) is 31.8 Å². The number of benzene rings is 1. The van der Waals surface area contributed by atoms with Gasteiger partial charge in [0, 0.05) is 36.6 Å². The number of fused-ring (bicyclic) bond motifs is 1. The fraction of sp³-hybridized carbons (Fsp3) is 0.429. The summed E-state index contributed by atoms with van der Waals surface area (Å²) in [6, 6.07) is 8.67. The molecule has 0 spiro atoms. The summed E-state index contributed by atoms with van der Waals surface area (Å²) in [5, 5.41) is 8.01. The first-order chi connectivity index (χ1) is 9.31. The zero-order valence-electron chi connectivity index (χ0n) is 10.9. The van der Waals surface area contributed by atoms with Crippen molar-refractivity contribution in [3.8, 4) is 0 Å². The second-order valence-corrected chi connectivity index (χ2v) is 6.08. The fourth-order valence-electron chi connectivity index (χ4n) is 2.27. The van der Waals surface area contributed by atoms with Gasteiger partial charge in [-0.2, -0.15) is 4.98 Å². The van der Waals surface area contributed by atoms with Gasteiger partial charge in [-0.25, -0.2) is 0 Å². The van der Waals surface area contributed by atoms with Crippen LogP contribution in [0.3, 0.4) is 0 Å². The number of aromatic nitrogens is 2. The molecule has 0 fully saturated rings.